The number of aryl methyl sites for hydroxylation is 2. The van der Waals surface area contributed by atoms with Crippen LogP contribution in [0.15, 0.2) is 0 Å². The maximum absolute atomic E-state index is 4.66. The third-order valence-corrected chi connectivity index (χ3v) is 3.58. The minimum atomic E-state index is 0.680. The van der Waals surface area contributed by atoms with Crippen LogP contribution in [0.3, 0.4) is 0 Å². The van der Waals surface area contributed by atoms with Crippen molar-refractivity contribution < 1.29 is 0 Å². The molecule has 0 aromatic carbocycles. The summed E-state index contributed by atoms with van der Waals surface area (Å²) in [6.07, 6.45) is 3.76. The van der Waals surface area contributed by atoms with Crippen molar-refractivity contribution in [1.29, 1.82) is 0 Å². The first-order chi connectivity index (χ1) is 7.74. The summed E-state index contributed by atoms with van der Waals surface area (Å²) in [6.45, 7) is 9.94. The van der Waals surface area contributed by atoms with Gasteiger partial charge in [0.15, 0.2) is 0 Å². The molecular formula is C13H23N3. The van der Waals surface area contributed by atoms with Gasteiger partial charge in [-0.1, -0.05) is 6.92 Å². The van der Waals surface area contributed by atoms with E-state index < -0.39 is 0 Å². The van der Waals surface area contributed by atoms with E-state index in [2.05, 4.69) is 35.9 Å². The van der Waals surface area contributed by atoms with Crippen LogP contribution in [0.2, 0.25) is 0 Å². The Bertz CT molecular complexity index is 348. The molecule has 0 radical (unpaired) electrons. The first-order valence-electron chi connectivity index (χ1n) is 6.48. The number of nitrogens with zero attached hydrogens (tertiary/aromatic N) is 2. The molecule has 1 fully saturated rings. The van der Waals surface area contributed by atoms with E-state index >= 15 is 0 Å². The molecule has 0 amide bonds. The molecule has 1 aliphatic heterocycles. The summed E-state index contributed by atoms with van der Waals surface area (Å²) in [5.41, 5.74) is 4.12. The van der Waals surface area contributed by atoms with Crippen molar-refractivity contribution in [1.82, 2.24) is 15.1 Å². The van der Waals surface area contributed by atoms with E-state index in [1.807, 2.05) is 0 Å². The van der Waals surface area contributed by atoms with E-state index in [1.165, 1.54) is 36.3 Å². The molecule has 0 spiro atoms. The maximum atomic E-state index is 4.66. The van der Waals surface area contributed by atoms with Crippen molar-refractivity contribution in [3.05, 3.63) is 17.0 Å². The number of hydrogen-bond acceptors (Lipinski definition) is 2. The SMILES string of the molecule is CCCn1nc(C)c(C2CCCNC2)c1C. The molecule has 0 aliphatic carbocycles. The van der Waals surface area contributed by atoms with Crippen molar-refractivity contribution in [2.24, 2.45) is 0 Å². The highest BCUT2D eigenvalue weighted by atomic mass is 15.3. The Morgan fingerprint density at radius 2 is 2.25 bits per heavy atom. The van der Waals surface area contributed by atoms with Gasteiger partial charge in [0.1, 0.15) is 0 Å². The highest BCUT2D eigenvalue weighted by Gasteiger charge is 2.22. The molecule has 1 aromatic rings. The summed E-state index contributed by atoms with van der Waals surface area (Å²) in [6, 6.07) is 0. The van der Waals surface area contributed by atoms with E-state index in [-0.39, 0.29) is 0 Å². The number of hydrogen-bond donors (Lipinski definition) is 1. The number of nitrogens with one attached hydrogen (secondary N) is 1. The van der Waals surface area contributed by atoms with E-state index in [1.54, 1.807) is 0 Å². The minimum Gasteiger partial charge on any atom is -0.316 e. The Balaban J connectivity index is 2.24. The number of rotatable bonds is 3. The molecule has 16 heavy (non-hydrogen) atoms. The third-order valence-electron chi connectivity index (χ3n) is 3.58. The predicted octanol–water partition coefficient (Wildman–Crippen LogP) is 2.38. The van der Waals surface area contributed by atoms with Gasteiger partial charge in [-0.2, -0.15) is 5.10 Å². The normalized spacial score (nSPS) is 21.3. The van der Waals surface area contributed by atoms with Gasteiger partial charge in [0.2, 0.25) is 0 Å². The van der Waals surface area contributed by atoms with Gasteiger partial charge in [-0.05, 0) is 39.7 Å². The first-order valence-corrected chi connectivity index (χ1v) is 6.48. The Morgan fingerprint density at radius 1 is 1.44 bits per heavy atom. The lowest BCUT2D eigenvalue weighted by Gasteiger charge is -2.23. The zero-order valence-corrected chi connectivity index (χ0v) is 10.7. The van der Waals surface area contributed by atoms with E-state index in [4.69, 9.17) is 0 Å². The molecule has 1 aliphatic rings. The average Bonchev–Trinajstić information content (AvgIpc) is 2.56. The van der Waals surface area contributed by atoms with Gasteiger partial charge in [0.25, 0.3) is 0 Å². The van der Waals surface area contributed by atoms with E-state index in [0.29, 0.717) is 5.92 Å². The molecular weight excluding hydrogens is 198 g/mol. The molecule has 1 atom stereocenters. The smallest absolute Gasteiger partial charge is 0.0631 e. The van der Waals surface area contributed by atoms with Crippen molar-refractivity contribution in [3.63, 3.8) is 0 Å². The van der Waals surface area contributed by atoms with Gasteiger partial charge >= 0.3 is 0 Å². The second kappa shape index (κ2) is 5.00. The van der Waals surface area contributed by atoms with Crippen LogP contribution < -0.4 is 5.32 Å². The Kier molecular flexibility index (Phi) is 3.64. The molecule has 1 saturated heterocycles. The second-order valence-corrected chi connectivity index (χ2v) is 4.85. The van der Waals surface area contributed by atoms with Crippen molar-refractivity contribution in [3.8, 4) is 0 Å². The standard InChI is InChI=1S/C13H23N3/c1-4-8-16-11(3)13(10(2)15-16)12-6-5-7-14-9-12/h12,14H,4-9H2,1-3H3. The number of piperidine rings is 1. The van der Waals surface area contributed by atoms with Crippen LogP contribution in [-0.2, 0) is 6.54 Å². The molecule has 0 bridgehead atoms. The van der Waals surface area contributed by atoms with E-state index in [0.717, 1.165) is 19.5 Å². The first kappa shape index (κ1) is 11.6. The van der Waals surface area contributed by atoms with Crippen LogP contribution in [-0.4, -0.2) is 22.9 Å². The molecule has 1 aromatic heterocycles. The fraction of sp³-hybridized carbons (Fsp3) is 0.769. The van der Waals surface area contributed by atoms with Gasteiger partial charge in [0, 0.05) is 30.3 Å². The summed E-state index contributed by atoms with van der Waals surface area (Å²) in [5, 5.41) is 8.16. The lowest BCUT2D eigenvalue weighted by Crippen LogP contribution is -2.28. The van der Waals surface area contributed by atoms with E-state index in [9.17, 15) is 0 Å². The fourth-order valence-electron chi connectivity index (χ4n) is 2.83. The summed E-state index contributed by atoms with van der Waals surface area (Å²) >= 11 is 0. The molecule has 3 nitrogen and oxygen atoms in total. The summed E-state index contributed by atoms with van der Waals surface area (Å²) in [4.78, 5) is 0. The molecule has 3 heteroatoms. The van der Waals surface area contributed by atoms with Gasteiger partial charge in [-0.15, -0.1) is 0 Å². The zero-order chi connectivity index (χ0) is 11.5. The van der Waals surface area contributed by atoms with Gasteiger partial charge in [0.05, 0.1) is 5.69 Å². The molecule has 2 heterocycles. The molecule has 1 N–H and O–H groups in total. The van der Waals surface area contributed by atoms with Crippen LogP contribution in [0, 0.1) is 13.8 Å². The Morgan fingerprint density at radius 3 is 2.88 bits per heavy atom. The molecule has 0 saturated carbocycles. The van der Waals surface area contributed by atoms with Crippen molar-refractivity contribution >= 4 is 0 Å². The molecule has 2 rings (SSSR count). The highest BCUT2D eigenvalue weighted by molar-refractivity contribution is 5.29. The second-order valence-electron chi connectivity index (χ2n) is 4.85. The van der Waals surface area contributed by atoms with Gasteiger partial charge in [-0.3, -0.25) is 4.68 Å². The van der Waals surface area contributed by atoms with Crippen LogP contribution in [0.1, 0.15) is 49.1 Å². The van der Waals surface area contributed by atoms with Crippen LogP contribution >= 0.6 is 0 Å². The number of aromatic nitrogens is 2. The molecule has 90 valence electrons. The summed E-state index contributed by atoms with van der Waals surface area (Å²) in [7, 11) is 0. The topological polar surface area (TPSA) is 29.9 Å². The van der Waals surface area contributed by atoms with Crippen LogP contribution in [0.5, 0.6) is 0 Å². The summed E-state index contributed by atoms with van der Waals surface area (Å²) < 4.78 is 2.18. The fourth-order valence-corrected chi connectivity index (χ4v) is 2.83. The van der Waals surface area contributed by atoms with Gasteiger partial charge in [-0.25, -0.2) is 0 Å². The van der Waals surface area contributed by atoms with Gasteiger partial charge < -0.3 is 5.32 Å². The Hall–Kier alpha value is -0.830. The quantitative estimate of drug-likeness (QED) is 0.849. The van der Waals surface area contributed by atoms with Crippen LogP contribution in [0.25, 0.3) is 0 Å². The van der Waals surface area contributed by atoms with Crippen molar-refractivity contribution in [2.75, 3.05) is 13.1 Å². The maximum Gasteiger partial charge on any atom is 0.0631 e. The lowest BCUT2D eigenvalue weighted by molar-refractivity contribution is 0.458. The molecule has 1 unspecified atom stereocenters. The van der Waals surface area contributed by atoms with Crippen molar-refractivity contribution in [2.45, 2.75) is 52.5 Å². The monoisotopic (exact) mass is 221 g/mol. The van der Waals surface area contributed by atoms with Crippen LogP contribution in [0.4, 0.5) is 0 Å². The third kappa shape index (κ3) is 2.14. The summed E-state index contributed by atoms with van der Waals surface area (Å²) in [5.74, 6) is 0.680. The average molecular weight is 221 g/mol. The Labute approximate surface area is 98.2 Å². The largest absolute Gasteiger partial charge is 0.316 e. The highest BCUT2D eigenvalue weighted by Crippen LogP contribution is 2.28. The predicted molar refractivity (Wildman–Crippen MR) is 66.8 cm³/mol. The minimum absolute atomic E-state index is 0.680. The lowest BCUT2D eigenvalue weighted by atomic mass is 9.90. The zero-order valence-electron chi connectivity index (χ0n) is 10.7.